The van der Waals surface area contributed by atoms with E-state index < -0.39 is 52.9 Å². The van der Waals surface area contributed by atoms with E-state index in [1.54, 1.807) is 0 Å². The minimum atomic E-state index is -4.79. The third kappa shape index (κ3) is 4.93. The summed E-state index contributed by atoms with van der Waals surface area (Å²) in [5, 5.41) is 1.45. The molecule has 1 fully saturated rings. The highest BCUT2D eigenvalue weighted by Crippen LogP contribution is 2.37. The van der Waals surface area contributed by atoms with Crippen LogP contribution in [0.4, 0.5) is 26.3 Å². The molecule has 0 aromatic carbocycles. The fourth-order valence-corrected chi connectivity index (χ4v) is 3.20. The van der Waals surface area contributed by atoms with Gasteiger partial charge in [0.05, 0.1) is 11.5 Å². The van der Waals surface area contributed by atoms with Crippen LogP contribution >= 0.6 is 11.6 Å². The van der Waals surface area contributed by atoms with Gasteiger partial charge in [-0.2, -0.15) is 26.3 Å². The van der Waals surface area contributed by atoms with Crippen molar-refractivity contribution >= 4 is 17.5 Å². The van der Waals surface area contributed by atoms with Crippen LogP contribution in [-0.4, -0.2) is 22.7 Å². The van der Waals surface area contributed by atoms with Gasteiger partial charge < -0.3 is 9.88 Å². The molecule has 26 heavy (non-hydrogen) atoms. The minimum Gasteiger partial charge on any atom is -0.351 e. The third-order valence-electron chi connectivity index (χ3n) is 4.22. The number of nitrogens with zero attached hydrogens (tertiary/aromatic N) is 1. The van der Waals surface area contributed by atoms with Gasteiger partial charge in [-0.1, -0.05) is 24.4 Å². The molecule has 1 heterocycles. The Hall–Kier alpha value is -1.71. The van der Waals surface area contributed by atoms with Gasteiger partial charge >= 0.3 is 12.4 Å². The van der Waals surface area contributed by atoms with Gasteiger partial charge in [-0.25, -0.2) is 0 Å². The topological polar surface area (TPSA) is 51.1 Å². The van der Waals surface area contributed by atoms with Crippen LogP contribution in [0.25, 0.3) is 0 Å². The molecule has 1 aromatic heterocycles. The molecule has 2 rings (SSSR count). The first-order valence-corrected chi connectivity index (χ1v) is 8.10. The van der Waals surface area contributed by atoms with Gasteiger partial charge in [0.2, 0.25) is 5.91 Å². The number of nitrogens with one attached hydrogen (secondary N) is 1. The van der Waals surface area contributed by atoms with E-state index in [4.69, 9.17) is 11.6 Å². The van der Waals surface area contributed by atoms with Gasteiger partial charge in [0.1, 0.15) is 11.6 Å². The number of amides is 1. The van der Waals surface area contributed by atoms with Crippen LogP contribution < -0.4 is 10.9 Å². The van der Waals surface area contributed by atoms with E-state index >= 15 is 0 Å². The van der Waals surface area contributed by atoms with Crippen molar-refractivity contribution in [2.45, 2.75) is 50.6 Å². The maximum absolute atomic E-state index is 13.0. The molecular weight excluding hydrogens is 390 g/mol. The summed E-state index contributed by atoms with van der Waals surface area (Å²) in [7, 11) is 0. The number of carbonyl (C=O) groups is 1. The molecule has 0 aliphatic heterocycles. The Balaban J connectivity index is 2.17. The maximum Gasteiger partial charge on any atom is 0.417 e. The summed E-state index contributed by atoms with van der Waals surface area (Å²) in [5.41, 5.74) is -2.27. The highest BCUT2D eigenvalue weighted by Gasteiger charge is 2.46. The van der Waals surface area contributed by atoms with Gasteiger partial charge in [-0.15, -0.1) is 0 Å². The summed E-state index contributed by atoms with van der Waals surface area (Å²) in [5.74, 6) is -2.70. The zero-order valence-electron chi connectivity index (χ0n) is 13.3. The Morgan fingerprint density at radius 3 is 2.38 bits per heavy atom. The Labute approximate surface area is 149 Å². The zero-order chi connectivity index (χ0) is 19.7. The van der Waals surface area contributed by atoms with Crippen molar-refractivity contribution in [1.29, 1.82) is 0 Å². The quantitative estimate of drug-likeness (QED) is 0.780. The molecular formula is C15H15ClF6N2O2. The van der Waals surface area contributed by atoms with E-state index in [-0.39, 0.29) is 12.8 Å². The number of halogens is 7. The van der Waals surface area contributed by atoms with E-state index in [1.165, 1.54) is 0 Å². The second-order valence-corrected chi connectivity index (χ2v) is 6.52. The number of rotatable bonds is 3. The molecule has 1 amide bonds. The zero-order valence-corrected chi connectivity index (χ0v) is 14.0. The molecule has 1 saturated carbocycles. The van der Waals surface area contributed by atoms with Gasteiger partial charge in [0, 0.05) is 12.2 Å². The largest absolute Gasteiger partial charge is 0.417 e. The lowest BCUT2D eigenvalue weighted by atomic mass is 9.84. The monoisotopic (exact) mass is 404 g/mol. The van der Waals surface area contributed by atoms with Crippen molar-refractivity contribution in [1.82, 2.24) is 9.88 Å². The highest BCUT2D eigenvalue weighted by atomic mass is 35.5. The van der Waals surface area contributed by atoms with Crippen molar-refractivity contribution < 1.29 is 31.1 Å². The molecule has 0 radical (unpaired) electrons. The van der Waals surface area contributed by atoms with Crippen LogP contribution in [0.3, 0.4) is 0 Å². The number of alkyl halides is 6. The Morgan fingerprint density at radius 1 is 1.19 bits per heavy atom. The van der Waals surface area contributed by atoms with E-state index in [0.717, 1.165) is 0 Å². The fraction of sp³-hybridized carbons (Fsp3) is 0.600. The predicted molar refractivity (Wildman–Crippen MR) is 80.7 cm³/mol. The normalized spacial score (nSPS) is 21.5. The average Bonchev–Trinajstić information content (AvgIpc) is 2.50. The molecule has 0 bridgehead atoms. The average molecular weight is 405 g/mol. The molecule has 1 N–H and O–H groups in total. The van der Waals surface area contributed by atoms with Crippen LogP contribution in [-0.2, 0) is 17.5 Å². The summed E-state index contributed by atoms with van der Waals surface area (Å²) in [6.45, 7) is -0.858. The van der Waals surface area contributed by atoms with Crippen molar-refractivity contribution in [2.75, 3.05) is 0 Å². The van der Waals surface area contributed by atoms with E-state index in [9.17, 15) is 35.9 Å². The molecule has 0 unspecified atom stereocenters. The van der Waals surface area contributed by atoms with Gasteiger partial charge in [-0.3, -0.25) is 9.59 Å². The lowest BCUT2D eigenvalue weighted by Gasteiger charge is -2.33. The lowest BCUT2D eigenvalue weighted by molar-refractivity contribution is -0.189. The number of aromatic nitrogens is 1. The molecule has 0 spiro atoms. The Bertz CT molecular complexity index is 728. The van der Waals surface area contributed by atoms with Gasteiger partial charge in [0.25, 0.3) is 5.56 Å². The highest BCUT2D eigenvalue weighted by molar-refractivity contribution is 6.30. The van der Waals surface area contributed by atoms with Gasteiger partial charge in [-0.05, 0) is 18.9 Å². The first-order valence-electron chi connectivity index (χ1n) is 7.73. The minimum absolute atomic E-state index is 0.105. The Kier molecular flexibility index (Phi) is 5.94. The lowest BCUT2D eigenvalue weighted by Crippen LogP contribution is -2.49. The molecule has 146 valence electrons. The Morgan fingerprint density at radius 2 is 1.81 bits per heavy atom. The summed E-state index contributed by atoms with van der Waals surface area (Å²) in [6.07, 6.45) is -8.03. The SMILES string of the molecule is O=C(Cn1cc(C(F)(F)F)cc(Cl)c1=O)N[C@H]1CCCC[C@@H]1C(F)(F)F. The molecule has 11 heteroatoms. The summed E-state index contributed by atoms with van der Waals surface area (Å²) in [6, 6.07) is -0.743. The van der Waals surface area contributed by atoms with Gasteiger partial charge in [0.15, 0.2) is 0 Å². The molecule has 4 nitrogen and oxygen atoms in total. The first kappa shape index (κ1) is 20.6. The van der Waals surface area contributed by atoms with Crippen LogP contribution in [0.5, 0.6) is 0 Å². The van der Waals surface area contributed by atoms with Crippen molar-refractivity contribution in [3.05, 3.63) is 33.2 Å². The fourth-order valence-electron chi connectivity index (χ4n) is 2.97. The first-order chi connectivity index (χ1) is 11.9. The summed E-state index contributed by atoms with van der Waals surface area (Å²) < 4.78 is 77.8. The number of hydrogen-bond acceptors (Lipinski definition) is 2. The molecule has 0 saturated heterocycles. The van der Waals surface area contributed by atoms with Crippen molar-refractivity contribution in [3.8, 4) is 0 Å². The molecule has 2 atom stereocenters. The molecule has 1 aliphatic carbocycles. The smallest absolute Gasteiger partial charge is 0.351 e. The van der Waals surface area contributed by atoms with Crippen molar-refractivity contribution in [3.63, 3.8) is 0 Å². The number of pyridine rings is 1. The molecule has 1 aromatic rings. The van der Waals surface area contributed by atoms with Crippen LogP contribution in [0.15, 0.2) is 17.1 Å². The number of hydrogen-bond donors (Lipinski definition) is 1. The summed E-state index contributed by atoms with van der Waals surface area (Å²) >= 11 is 5.47. The predicted octanol–water partition coefficient (Wildman–Crippen LogP) is 3.76. The van der Waals surface area contributed by atoms with Crippen LogP contribution in [0.2, 0.25) is 5.02 Å². The van der Waals surface area contributed by atoms with E-state index in [2.05, 4.69) is 5.32 Å². The summed E-state index contributed by atoms with van der Waals surface area (Å²) in [4.78, 5) is 23.8. The molecule has 1 aliphatic rings. The van der Waals surface area contributed by atoms with E-state index in [1.807, 2.05) is 0 Å². The third-order valence-corrected chi connectivity index (χ3v) is 4.49. The van der Waals surface area contributed by atoms with Crippen molar-refractivity contribution in [2.24, 2.45) is 5.92 Å². The second-order valence-electron chi connectivity index (χ2n) is 6.11. The number of carbonyl (C=O) groups excluding carboxylic acids is 1. The standard InChI is InChI=1S/C15H15ClF6N2O2/c16-10-5-8(14(17,18)19)6-24(13(10)26)7-12(25)23-11-4-2-1-3-9(11)15(20,21)22/h5-6,9,11H,1-4,7H2,(H,23,25)/t9-,11-/m0/s1. The van der Waals surface area contributed by atoms with E-state index in [0.29, 0.717) is 29.7 Å². The maximum atomic E-state index is 13.0. The second kappa shape index (κ2) is 7.50. The van der Waals surface area contributed by atoms with Crippen LogP contribution in [0.1, 0.15) is 31.2 Å². The van der Waals surface area contributed by atoms with Crippen LogP contribution in [0, 0.1) is 5.92 Å².